The topological polar surface area (TPSA) is 265 Å². The van der Waals surface area contributed by atoms with Crippen molar-refractivity contribution in [1.29, 1.82) is 0 Å². The van der Waals surface area contributed by atoms with Gasteiger partial charge in [-0.25, -0.2) is 0 Å². The van der Waals surface area contributed by atoms with Gasteiger partial charge in [0, 0.05) is 12.3 Å². The van der Waals surface area contributed by atoms with Crippen LogP contribution in [0.25, 0.3) is 22.3 Å². The summed E-state index contributed by atoms with van der Waals surface area (Å²) in [7, 11) is -8.05. The Morgan fingerprint density at radius 3 is 1.01 bits per heavy atom. The van der Waals surface area contributed by atoms with Crippen LogP contribution >= 0.6 is 14.7 Å². The molecule has 0 saturated carbocycles. The van der Waals surface area contributed by atoms with Gasteiger partial charge in [0.05, 0.1) is 35.9 Å². The van der Waals surface area contributed by atoms with Gasteiger partial charge in [-0.15, -0.1) is 0 Å². The molecule has 0 aromatic heterocycles. The number of benzene rings is 6. The minimum absolute atomic E-state index is 0. The van der Waals surface area contributed by atoms with Gasteiger partial charge in [0.2, 0.25) is 26.6 Å². The second-order valence-electron chi connectivity index (χ2n) is 16.6. The Labute approximate surface area is 415 Å². The predicted octanol–water partition coefficient (Wildman–Crippen LogP) is 5.39. The van der Waals surface area contributed by atoms with Crippen LogP contribution in [0.3, 0.4) is 0 Å². The number of nitrogens with one attached hydrogen (secondary N) is 2. The van der Waals surface area contributed by atoms with Gasteiger partial charge in [-0.2, -0.15) is 0 Å². The summed E-state index contributed by atoms with van der Waals surface area (Å²) in [5.41, 5.74) is 18.8. The van der Waals surface area contributed by atoms with Crippen LogP contribution in [0.2, 0.25) is 0 Å². The average Bonchev–Trinajstić information content (AvgIpc) is 3.34. The summed E-state index contributed by atoms with van der Waals surface area (Å²) < 4.78 is 26.4. The zero-order valence-electron chi connectivity index (χ0n) is 38.4. The van der Waals surface area contributed by atoms with Crippen molar-refractivity contribution in [2.24, 2.45) is 23.3 Å². The summed E-state index contributed by atoms with van der Waals surface area (Å²) in [6.45, 7) is 2.57. The third-order valence-electron chi connectivity index (χ3n) is 11.4. The molecular formula is C52H56N4O10P2Zn. The van der Waals surface area contributed by atoms with Crippen molar-refractivity contribution in [2.75, 3.05) is 12.3 Å². The molecule has 2 unspecified atom stereocenters. The van der Waals surface area contributed by atoms with E-state index in [9.17, 15) is 48.3 Å². The largest absolute Gasteiger partial charge is 2.00 e. The van der Waals surface area contributed by atoms with Crippen molar-refractivity contribution in [3.63, 3.8) is 0 Å². The molecule has 6 rings (SSSR count). The van der Waals surface area contributed by atoms with Crippen LogP contribution in [0.4, 0.5) is 0 Å². The van der Waals surface area contributed by atoms with Gasteiger partial charge < -0.3 is 51.7 Å². The minimum atomic E-state index is -4.02. The van der Waals surface area contributed by atoms with E-state index in [1.54, 1.807) is 60.7 Å². The van der Waals surface area contributed by atoms with Gasteiger partial charge in [0.15, 0.2) is 0 Å². The Bertz CT molecular complexity index is 2500. The molecule has 14 nitrogen and oxygen atoms in total. The van der Waals surface area contributed by atoms with Crippen molar-refractivity contribution in [3.8, 4) is 22.3 Å². The van der Waals surface area contributed by atoms with E-state index in [0.29, 0.717) is 11.1 Å². The Balaban J connectivity index is 0.000000296. The van der Waals surface area contributed by atoms with Gasteiger partial charge in [-0.05, 0) is 71.2 Å². The fourth-order valence-corrected chi connectivity index (χ4v) is 11.0. The summed E-state index contributed by atoms with van der Waals surface area (Å²) in [5, 5.41) is 27.0. The van der Waals surface area contributed by atoms with Crippen LogP contribution in [0, 0.1) is 11.8 Å². The third-order valence-corrected chi connectivity index (χ3v) is 15.6. The molecule has 0 aliphatic rings. The van der Waals surface area contributed by atoms with Crippen molar-refractivity contribution >= 4 is 38.5 Å². The quantitative estimate of drug-likeness (QED) is 0.0416. The Kier molecular flexibility index (Phi) is 21.2. The van der Waals surface area contributed by atoms with Crippen LogP contribution in [0.1, 0.15) is 47.7 Å². The molecule has 0 radical (unpaired) electrons. The van der Waals surface area contributed by atoms with E-state index < -0.39 is 86.3 Å². The molecule has 0 aliphatic carbocycles. The average molecular weight is 1020 g/mol. The van der Waals surface area contributed by atoms with Gasteiger partial charge in [0.25, 0.3) is 0 Å². The maximum atomic E-state index is 13.2. The minimum Gasteiger partial charge on any atom is -0.548 e. The van der Waals surface area contributed by atoms with E-state index in [-0.39, 0.29) is 32.3 Å². The summed E-state index contributed by atoms with van der Waals surface area (Å²) in [5.74, 6) is -8.41. The first-order chi connectivity index (χ1) is 32.3. The number of carboxylic acids is 2. The fraction of sp³-hybridized carbons (Fsp3) is 0.231. The molecule has 0 aliphatic heterocycles. The summed E-state index contributed by atoms with van der Waals surface area (Å²) in [6.07, 6.45) is -0.496. The first-order valence-corrected chi connectivity index (χ1v) is 25.7. The maximum absolute atomic E-state index is 13.2. The Morgan fingerprint density at radius 1 is 0.478 bits per heavy atom. The number of aliphatic carboxylic acids is 2. The molecule has 0 spiro atoms. The first-order valence-electron chi connectivity index (χ1n) is 21.9. The number of carboxylic acid groups (broad SMARTS) is 2. The van der Waals surface area contributed by atoms with Crippen LogP contribution in [-0.2, 0) is 60.6 Å². The normalized spacial score (nSPS) is 15.3. The Morgan fingerprint density at radius 2 is 0.739 bits per heavy atom. The number of carbonyl (C=O) groups is 4. The molecule has 69 heavy (non-hydrogen) atoms. The maximum Gasteiger partial charge on any atom is 2.00 e. The smallest absolute Gasteiger partial charge is 0.548 e. The summed E-state index contributed by atoms with van der Waals surface area (Å²) in [4.78, 5) is 69.6. The third kappa shape index (κ3) is 16.7. The number of amides is 2. The Hall–Kier alpha value is -5.88. The first kappa shape index (κ1) is 55.7. The monoisotopic (exact) mass is 1020 g/mol. The number of hydrogen-bond acceptors (Lipinski definition) is 10. The predicted molar refractivity (Wildman–Crippen MR) is 259 cm³/mol. The molecule has 8 N–H and O–H groups in total. The molecule has 0 heterocycles. The molecule has 356 valence electrons. The van der Waals surface area contributed by atoms with E-state index in [0.717, 1.165) is 33.4 Å². The van der Waals surface area contributed by atoms with Crippen LogP contribution in [0.15, 0.2) is 170 Å². The second kappa shape index (κ2) is 26.2. The zero-order valence-corrected chi connectivity index (χ0v) is 43.1. The van der Waals surface area contributed by atoms with E-state index >= 15 is 0 Å². The molecule has 0 saturated heterocycles. The van der Waals surface area contributed by atoms with Gasteiger partial charge in [-0.1, -0.05) is 170 Å². The fourth-order valence-electron chi connectivity index (χ4n) is 7.38. The van der Waals surface area contributed by atoms with E-state index in [1.807, 2.05) is 109 Å². The zero-order chi connectivity index (χ0) is 49.4. The van der Waals surface area contributed by atoms with E-state index in [2.05, 4.69) is 10.6 Å². The number of hydrogen-bond donors (Lipinski definition) is 6. The van der Waals surface area contributed by atoms with Crippen molar-refractivity contribution in [3.05, 3.63) is 192 Å². The van der Waals surface area contributed by atoms with E-state index in [1.165, 1.54) is 13.8 Å². The molecule has 2 amide bonds. The van der Waals surface area contributed by atoms with E-state index in [4.69, 9.17) is 11.5 Å². The molecule has 17 heteroatoms. The van der Waals surface area contributed by atoms with Crippen LogP contribution in [0.5, 0.6) is 0 Å². The standard InChI is InChI=1S/2C26H29N2O5P.Zn/c2*1-18(26(30)31)28-25(29)23(17-34(32,33)24(27)22-10-6-3-7-11-22)16-19-12-14-21(15-13-19)20-8-4-2-5-9-20;/h2*2-15,18,23-24H,16-17,27H2,1H3,(H,28,29)(H,30,31)(H,32,33);/q;;+2/p-2/t2*18-,23+,24-;/m00./s1. The van der Waals surface area contributed by atoms with Crippen LogP contribution < -0.4 is 32.3 Å². The van der Waals surface area contributed by atoms with Gasteiger partial charge in [0.1, 0.15) is 11.6 Å². The SMILES string of the molecule is C[C@H](NC(=O)[C@H](Cc1ccc(-c2ccccc2)cc1)CP(=O)(O)[C@H](N)c1ccccc1)C(=O)[O-].C[C@H](NC(=O)[C@H](Cc1ccc(-c2ccccc2)cc1)CP(=O)(O)[C@H](N)c1ccccc1)C(=O)[O-].[Zn+2]. The van der Waals surface area contributed by atoms with Crippen LogP contribution in [-0.4, -0.2) is 57.9 Å². The van der Waals surface area contributed by atoms with Crippen molar-refractivity contribution in [1.82, 2.24) is 10.6 Å². The number of carbonyl (C=O) groups excluding carboxylic acids is 4. The molecule has 6 aromatic carbocycles. The molecule has 0 fully saturated rings. The second-order valence-corrected chi connectivity index (χ2v) is 21.5. The van der Waals surface area contributed by atoms with Gasteiger partial charge >= 0.3 is 19.5 Å². The number of nitrogens with two attached hydrogens (primary N) is 2. The molecular weight excluding hydrogens is 968 g/mol. The number of rotatable bonds is 20. The van der Waals surface area contributed by atoms with Gasteiger partial charge in [-0.3, -0.25) is 18.7 Å². The molecule has 6 aromatic rings. The summed E-state index contributed by atoms with van der Waals surface area (Å²) >= 11 is 0. The molecule has 0 bridgehead atoms. The van der Waals surface area contributed by atoms with Crippen molar-refractivity contribution in [2.45, 2.75) is 50.3 Å². The van der Waals surface area contributed by atoms with Crippen molar-refractivity contribution < 1.29 is 67.8 Å². The summed E-state index contributed by atoms with van der Waals surface area (Å²) in [6, 6.07) is 49.2. The molecule has 8 atom stereocenters.